The number of hydrogen-bond acceptors (Lipinski definition) is 4. The average Bonchev–Trinajstić information content (AvgIpc) is 3.44. The molecule has 2 aromatic carbocycles. The summed E-state index contributed by atoms with van der Waals surface area (Å²) < 4.78 is 49.8. The topological polar surface area (TPSA) is 64.6 Å². The van der Waals surface area contributed by atoms with E-state index in [4.69, 9.17) is 4.74 Å². The summed E-state index contributed by atoms with van der Waals surface area (Å²) in [5, 5.41) is 2.22. The number of alkyl halides is 3. The summed E-state index contributed by atoms with van der Waals surface area (Å²) in [4.78, 5) is 23.1. The molecule has 1 aliphatic heterocycles. The number of unbranched alkanes of at least 4 members (excludes halogenated alkanes) is 1. The maximum absolute atomic E-state index is 13.1. The van der Waals surface area contributed by atoms with Gasteiger partial charge in [-0.15, -0.1) is 0 Å². The number of benzene rings is 2. The van der Waals surface area contributed by atoms with Gasteiger partial charge < -0.3 is 14.8 Å². The number of methoxy groups -OCH3 is 1. The second-order valence-corrected chi connectivity index (χ2v) is 9.43. The van der Waals surface area contributed by atoms with Crippen molar-refractivity contribution in [3.8, 4) is 11.1 Å². The largest absolute Gasteiger partial charge is 0.471 e. The third kappa shape index (κ3) is 5.48. The Kier molecular flexibility index (Phi) is 7.83. The summed E-state index contributed by atoms with van der Waals surface area (Å²) in [6.45, 7) is 0.390. The highest BCUT2D eigenvalue weighted by molar-refractivity contribution is 5.82. The molecule has 8 heteroatoms. The fourth-order valence-electron chi connectivity index (χ4n) is 5.49. The molecule has 1 saturated carbocycles. The van der Waals surface area contributed by atoms with Crippen molar-refractivity contribution in [3.63, 3.8) is 0 Å². The van der Waals surface area contributed by atoms with Gasteiger partial charge in [-0.05, 0) is 48.3 Å². The first kappa shape index (κ1) is 25.9. The first-order chi connectivity index (χ1) is 17.2. The molecule has 1 aliphatic carbocycles. The SMILES string of the molecule is COC(=O)CCCC=CC[C@H]1[C@H](NC(=O)C(F)(F)F)[C@@H]2C[C@@]1(c1ccc(-c3ccccc3)cc1)CO2. The lowest BCUT2D eigenvalue weighted by atomic mass is 9.70. The molecule has 0 unspecified atom stereocenters. The van der Waals surface area contributed by atoms with Crippen LogP contribution in [0.1, 0.15) is 37.7 Å². The van der Waals surface area contributed by atoms with E-state index >= 15 is 0 Å². The molecule has 192 valence electrons. The molecule has 1 amide bonds. The molecule has 1 heterocycles. The van der Waals surface area contributed by atoms with Gasteiger partial charge in [-0.3, -0.25) is 9.59 Å². The van der Waals surface area contributed by atoms with E-state index in [-0.39, 0.29) is 11.9 Å². The van der Waals surface area contributed by atoms with E-state index in [1.165, 1.54) is 7.11 Å². The van der Waals surface area contributed by atoms with Crippen molar-refractivity contribution in [1.82, 2.24) is 5.32 Å². The van der Waals surface area contributed by atoms with Crippen LogP contribution in [-0.4, -0.2) is 43.9 Å². The predicted molar refractivity (Wildman–Crippen MR) is 129 cm³/mol. The lowest BCUT2D eigenvalue weighted by molar-refractivity contribution is -0.176. The first-order valence-electron chi connectivity index (χ1n) is 12.1. The summed E-state index contributed by atoms with van der Waals surface area (Å²) in [6, 6.07) is 17.3. The lowest BCUT2D eigenvalue weighted by Crippen LogP contribution is -2.54. The molecule has 2 aliphatic rings. The Hall–Kier alpha value is -3.13. The number of nitrogens with one attached hydrogen (secondary N) is 1. The maximum Gasteiger partial charge on any atom is 0.471 e. The van der Waals surface area contributed by atoms with Crippen molar-refractivity contribution in [2.75, 3.05) is 13.7 Å². The molecular weight excluding hydrogens is 471 g/mol. The summed E-state index contributed by atoms with van der Waals surface area (Å²) in [5.74, 6) is -2.48. The van der Waals surface area contributed by atoms with Gasteiger partial charge in [0.15, 0.2) is 0 Å². The third-order valence-electron chi connectivity index (χ3n) is 7.32. The Morgan fingerprint density at radius 2 is 1.78 bits per heavy atom. The number of halogens is 3. The number of allylic oxidation sites excluding steroid dienone is 2. The predicted octanol–water partition coefficient (Wildman–Crippen LogP) is 5.35. The summed E-state index contributed by atoms with van der Waals surface area (Å²) in [7, 11) is 1.34. The van der Waals surface area contributed by atoms with Gasteiger partial charge in [-0.25, -0.2) is 0 Å². The number of hydrogen-bond donors (Lipinski definition) is 1. The second kappa shape index (κ2) is 10.9. The second-order valence-electron chi connectivity index (χ2n) is 9.43. The summed E-state index contributed by atoms with van der Waals surface area (Å²) in [5.41, 5.74) is 2.63. The molecular formula is C28H30F3NO4. The van der Waals surface area contributed by atoms with Crippen LogP contribution in [0, 0.1) is 5.92 Å². The van der Waals surface area contributed by atoms with Crippen LogP contribution in [0.3, 0.4) is 0 Å². The standard InChI is InChI=1S/C28H30F3NO4/c1-35-24(33)12-8-3-2-7-11-22-25(32-26(34)28(29,30)31)23-17-27(22,18-36-23)21-15-13-20(14-16-21)19-9-5-4-6-10-19/h2,4-7,9-10,13-16,22-23,25H,3,8,11-12,17-18H2,1H3,(H,32,34)/t22-,23-,25-,27-/m0/s1. The molecule has 0 radical (unpaired) electrons. The van der Waals surface area contributed by atoms with Crippen molar-refractivity contribution in [1.29, 1.82) is 0 Å². The molecule has 2 fully saturated rings. The van der Waals surface area contributed by atoms with Gasteiger partial charge >= 0.3 is 18.1 Å². The highest BCUT2D eigenvalue weighted by Crippen LogP contribution is 2.54. The van der Waals surface area contributed by atoms with Crippen LogP contribution in [0.5, 0.6) is 0 Å². The molecule has 1 N–H and O–H groups in total. The Labute approximate surface area is 208 Å². The molecule has 1 saturated heterocycles. The van der Waals surface area contributed by atoms with Crippen molar-refractivity contribution >= 4 is 11.9 Å². The van der Waals surface area contributed by atoms with Gasteiger partial charge in [-0.1, -0.05) is 66.7 Å². The number of carbonyl (C=O) groups is 2. The molecule has 2 bridgehead atoms. The van der Waals surface area contributed by atoms with E-state index in [9.17, 15) is 22.8 Å². The van der Waals surface area contributed by atoms with Crippen molar-refractivity contribution in [2.24, 2.45) is 5.92 Å². The van der Waals surface area contributed by atoms with Gasteiger partial charge in [-0.2, -0.15) is 13.2 Å². The van der Waals surface area contributed by atoms with Crippen LogP contribution < -0.4 is 5.32 Å². The zero-order chi connectivity index (χ0) is 25.8. The van der Waals surface area contributed by atoms with Crippen LogP contribution in [0.15, 0.2) is 66.7 Å². The number of rotatable bonds is 9. The number of amides is 1. The monoisotopic (exact) mass is 501 g/mol. The lowest BCUT2D eigenvalue weighted by Gasteiger charge is -2.39. The number of esters is 1. The van der Waals surface area contributed by atoms with E-state index in [0.717, 1.165) is 16.7 Å². The highest BCUT2D eigenvalue weighted by atomic mass is 19.4. The normalized spacial score (nSPS) is 25.3. The molecule has 4 atom stereocenters. The van der Waals surface area contributed by atoms with Crippen molar-refractivity contribution in [2.45, 2.75) is 55.8 Å². The van der Waals surface area contributed by atoms with Crippen LogP contribution >= 0.6 is 0 Å². The van der Waals surface area contributed by atoms with Gasteiger partial charge in [0, 0.05) is 11.8 Å². The fraction of sp³-hybridized carbons (Fsp3) is 0.429. The molecule has 4 rings (SSSR count). The third-order valence-corrected chi connectivity index (χ3v) is 7.32. The minimum Gasteiger partial charge on any atom is -0.469 e. The quantitative estimate of drug-likeness (QED) is 0.286. The van der Waals surface area contributed by atoms with Gasteiger partial charge in [0.05, 0.1) is 25.9 Å². The number of fused-ring (bicyclic) bond motifs is 2. The van der Waals surface area contributed by atoms with E-state index in [1.54, 1.807) is 0 Å². The Morgan fingerprint density at radius 1 is 1.08 bits per heavy atom. The maximum atomic E-state index is 13.1. The van der Waals surface area contributed by atoms with E-state index in [0.29, 0.717) is 38.7 Å². The van der Waals surface area contributed by atoms with E-state index in [2.05, 4.69) is 10.1 Å². The van der Waals surface area contributed by atoms with Crippen LogP contribution in [0.25, 0.3) is 11.1 Å². The first-order valence-corrected chi connectivity index (χ1v) is 12.1. The summed E-state index contributed by atoms with van der Waals surface area (Å²) >= 11 is 0. The zero-order valence-corrected chi connectivity index (χ0v) is 20.1. The van der Waals surface area contributed by atoms with Crippen molar-refractivity contribution < 1.29 is 32.2 Å². The molecule has 0 aromatic heterocycles. The van der Waals surface area contributed by atoms with Crippen LogP contribution in [0.4, 0.5) is 13.2 Å². The van der Waals surface area contributed by atoms with Crippen LogP contribution in [-0.2, 0) is 24.5 Å². The average molecular weight is 502 g/mol. The summed E-state index contributed by atoms with van der Waals surface area (Å²) in [6.07, 6.45) is 1.05. The molecule has 5 nitrogen and oxygen atoms in total. The Morgan fingerprint density at radius 3 is 2.44 bits per heavy atom. The molecule has 36 heavy (non-hydrogen) atoms. The Bertz CT molecular complexity index is 1080. The molecule has 2 aromatic rings. The van der Waals surface area contributed by atoms with E-state index in [1.807, 2.05) is 66.7 Å². The number of ether oxygens (including phenoxy) is 2. The Balaban J connectivity index is 1.55. The minimum absolute atomic E-state index is 0.262. The zero-order valence-electron chi connectivity index (χ0n) is 20.1. The van der Waals surface area contributed by atoms with Crippen molar-refractivity contribution in [3.05, 3.63) is 72.3 Å². The van der Waals surface area contributed by atoms with Gasteiger partial charge in [0.25, 0.3) is 0 Å². The van der Waals surface area contributed by atoms with Gasteiger partial charge in [0.2, 0.25) is 0 Å². The fourth-order valence-corrected chi connectivity index (χ4v) is 5.49. The molecule has 0 spiro atoms. The smallest absolute Gasteiger partial charge is 0.469 e. The highest BCUT2D eigenvalue weighted by Gasteiger charge is 2.60. The number of carbonyl (C=O) groups excluding carboxylic acids is 2. The van der Waals surface area contributed by atoms with Crippen LogP contribution in [0.2, 0.25) is 0 Å². The van der Waals surface area contributed by atoms with Gasteiger partial charge in [0.1, 0.15) is 0 Å². The minimum atomic E-state index is -4.96. The van der Waals surface area contributed by atoms with E-state index < -0.39 is 29.6 Å².